The zero-order valence-electron chi connectivity index (χ0n) is 13.9. The molecule has 0 saturated carbocycles. The molecule has 0 bridgehead atoms. The quantitative estimate of drug-likeness (QED) is 0.827. The van der Waals surface area contributed by atoms with Crippen molar-refractivity contribution in [2.45, 2.75) is 52.7 Å². The number of hydrogen-bond donors (Lipinski definition) is 1. The van der Waals surface area contributed by atoms with Gasteiger partial charge < -0.3 is 15.0 Å². The monoisotopic (exact) mass is 278 g/mol. The van der Waals surface area contributed by atoms with Crippen molar-refractivity contribution in [3.8, 4) is 5.75 Å². The molecular weight excluding hydrogens is 248 g/mol. The van der Waals surface area contributed by atoms with Crippen LogP contribution in [-0.2, 0) is 13.1 Å². The highest BCUT2D eigenvalue weighted by Crippen LogP contribution is 2.21. The fraction of sp³-hybridized carbons (Fsp3) is 0.647. The summed E-state index contributed by atoms with van der Waals surface area (Å²) in [6.45, 7) is 11.7. The number of nitrogens with one attached hydrogen (secondary N) is 1. The van der Waals surface area contributed by atoms with Crippen molar-refractivity contribution in [2.24, 2.45) is 0 Å². The van der Waals surface area contributed by atoms with Crippen molar-refractivity contribution in [3.05, 3.63) is 29.3 Å². The molecule has 0 fully saturated rings. The number of rotatable bonds is 7. The first-order valence-corrected chi connectivity index (χ1v) is 7.45. The molecule has 0 amide bonds. The molecule has 0 aromatic heterocycles. The summed E-state index contributed by atoms with van der Waals surface area (Å²) in [6, 6.07) is 6.47. The third-order valence-electron chi connectivity index (χ3n) is 3.21. The Bertz CT molecular complexity index is 410. The Hall–Kier alpha value is -1.06. The lowest BCUT2D eigenvalue weighted by Crippen LogP contribution is -2.35. The van der Waals surface area contributed by atoms with Gasteiger partial charge in [-0.05, 0) is 58.5 Å². The standard InChI is InChI=1S/C17H30N2O/c1-7-10-19(5)13-15-11-14(8-9-16(15)20-6)12-18-17(2,3)4/h8-9,11,18H,7,10,12-13H2,1-6H3. The zero-order valence-corrected chi connectivity index (χ0v) is 13.9. The van der Waals surface area contributed by atoms with Crippen molar-refractivity contribution in [1.29, 1.82) is 0 Å². The Labute approximate surface area is 124 Å². The number of hydrogen-bond acceptors (Lipinski definition) is 3. The van der Waals surface area contributed by atoms with Gasteiger partial charge in [-0.1, -0.05) is 13.0 Å². The topological polar surface area (TPSA) is 24.5 Å². The highest BCUT2D eigenvalue weighted by Gasteiger charge is 2.11. The molecule has 0 spiro atoms. The third kappa shape index (κ3) is 5.93. The van der Waals surface area contributed by atoms with E-state index < -0.39 is 0 Å². The Morgan fingerprint density at radius 1 is 1.25 bits per heavy atom. The van der Waals surface area contributed by atoms with Crippen LogP contribution in [0.4, 0.5) is 0 Å². The zero-order chi connectivity index (χ0) is 15.2. The predicted octanol–water partition coefficient (Wildman–Crippen LogP) is 3.43. The minimum absolute atomic E-state index is 0.138. The molecule has 0 aliphatic heterocycles. The van der Waals surface area contributed by atoms with Crippen molar-refractivity contribution in [3.63, 3.8) is 0 Å². The van der Waals surface area contributed by atoms with Crippen LogP contribution in [-0.4, -0.2) is 31.1 Å². The van der Waals surface area contributed by atoms with Gasteiger partial charge in [-0.15, -0.1) is 0 Å². The van der Waals surface area contributed by atoms with Crippen LogP contribution in [0.3, 0.4) is 0 Å². The minimum atomic E-state index is 0.138. The summed E-state index contributed by atoms with van der Waals surface area (Å²) < 4.78 is 5.48. The van der Waals surface area contributed by atoms with Crippen molar-refractivity contribution < 1.29 is 4.74 Å². The summed E-state index contributed by atoms with van der Waals surface area (Å²) in [6.07, 6.45) is 1.17. The molecule has 1 aromatic carbocycles. The van der Waals surface area contributed by atoms with Crippen molar-refractivity contribution >= 4 is 0 Å². The Balaban J connectivity index is 2.80. The van der Waals surface area contributed by atoms with E-state index in [4.69, 9.17) is 4.74 Å². The van der Waals surface area contributed by atoms with E-state index in [9.17, 15) is 0 Å². The summed E-state index contributed by atoms with van der Waals surface area (Å²) in [5.74, 6) is 0.979. The van der Waals surface area contributed by atoms with Gasteiger partial charge in [-0.2, -0.15) is 0 Å². The lowest BCUT2D eigenvalue weighted by molar-refractivity contribution is 0.317. The van der Waals surface area contributed by atoms with E-state index >= 15 is 0 Å². The third-order valence-corrected chi connectivity index (χ3v) is 3.21. The van der Waals surface area contributed by atoms with Gasteiger partial charge in [0.05, 0.1) is 7.11 Å². The molecule has 114 valence electrons. The molecule has 0 aliphatic carbocycles. The summed E-state index contributed by atoms with van der Waals surface area (Å²) in [5, 5.41) is 3.53. The molecule has 1 aromatic rings. The van der Waals surface area contributed by atoms with Crippen LogP contribution in [0.2, 0.25) is 0 Å². The van der Waals surface area contributed by atoms with Crippen LogP contribution < -0.4 is 10.1 Å². The van der Waals surface area contributed by atoms with Crippen LogP contribution in [0.15, 0.2) is 18.2 Å². The first-order valence-electron chi connectivity index (χ1n) is 7.45. The summed E-state index contributed by atoms with van der Waals surface area (Å²) in [4.78, 5) is 2.33. The summed E-state index contributed by atoms with van der Waals surface area (Å²) in [7, 11) is 3.90. The Kier molecular flexibility index (Phi) is 6.50. The second kappa shape index (κ2) is 7.65. The van der Waals surface area contributed by atoms with Crippen molar-refractivity contribution in [2.75, 3.05) is 20.7 Å². The minimum Gasteiger partial charge on any atom is -0.496 e. The molecule has 0 heterocycles. The van der Waals surface area contributed by atoms with E-state index in [1.54, 1.807) is 7.11 Å². The first-order chi connectivity index (χ1) is 9.35. The lowest BCUT2D eigenvalue weighted by Gasteiger charge is -2.22. The maximum Gasteiger partial charge on any atom is 0.123 e. The second-order valence-electron chi connectivity index (χ2n) is 6.49. The van der Waals surface area contributed by atoms with E-state index in [1.807, 2.05) is 0 Å². The molecule has 3 nitrogen and oxygen atoms in total. The van der Waals surface area contributed by atoms with Gasteiger partial charge in [0.2, 0.25) is 0 Å². The van der Waals surface area contributed by atoms with Gasteiger partial charge in [0.1, 0.15) is 5.75 Å². The molecule has 1 N–H and O–H groups in total. The van der Waals surface area contributed by atoms with Gasteiger partial charge in [0.15, 0.2) is 0 Å². The summed E-state index contributed by atoms with van der Waals surface area (Å²) >= 11 is 0. The molecule has 1 rings (SSSR count). The highest BCUT2D eigenvalue weighted by molar-refractivity contribution is 5.37. The van der Waals surface area contributed by atoms with Crippen LogP contribution in [0, 0.1) is 0 Å². The highest BCUT2D eigenvalue weighted by atomic mass is 16.5. The van der Waals surface area contributed by atoms with E-state index in [0.29, 0.717) is 0 Å². The number of nitrogens with zero attached hydrogens (tertiary/aromatic N) is 1. The van der Waals surface area contributed by atoms with Gasteiger partial charge in [0, 0.05) is 24.2 Å². The molecule has 0 unspecified atom stereocenters. The molecule has 0 aliphatic rings. The Morgan fingerprint density at radius 3 is 2.50 bits per heavy atom. The maximum absolute atomic E-state index is 5.48. The number of benzene rings is 1. The van der Waals surface area contributed by atoms with Gasteiger partial charge in [-0.25, -0.2) is 0 Å². The summed E-state index contributed by atoms with van der Waals surface area (Å²) in [5.41, 5.74) is 2.70. The average molecular weight is 278 g/mol. The largest absolute Gasteiger partial charge is 0.496 e. The van der Waals surface area contributed by atoms with Crippen molar-refractivity contribution in [1.82, 2.24) is 10.2 Å². The molecular formula is C17H30N2O. The SMILES string of the molecule is CCCN(C)Cc1cc(CNC(C)(C)C)ccc1OC. The van der Waals surface area contributed by atoms with Crippen LogP contribution in [0.5, 0.6) is 5.75 Å². The predicted molar refractivity (Wildman–Crippen MR) is 86.2 cm³/mol. The lowest BCUT2D eigenvalue weighted by atomic mass is 10.1. The van der Waals surface area contributed by atoms with Gasteiger partial charge in [-0.3, -0.25) is 0 Å². The van der Waals surface area contributed by atoms with Crippen LogP contribution in [0.25, 0.3) is 0 Å². The molecule has 3 heteroatoms. The Morgan fingerprint density at radius 2 is 1.95 bits per heavy atom. The van der Waals surface area contributed by atoms with Crippen LogP contribution >= 0.6 is 0 Å². The molecule has 20 heavy (non-hydrogen) atoms. The molecule has 0 radical (unpaired) electrons. The van der Waals surface area contributed by atoms with E-state index in [2.05, 4.69) is 63.2 Å². The molecule has 0 atom stereocenters. The van der Waals surface area contributed by atoms with E-state index in [0.717, 1.165) is 25.4 Å². The average Bonchev–Trinajstić information content (AvgIpc) is 2.36. The smallest absolute Gasteiger partial charge is 0.123 e. The van der Waals surface area contributed by atoms with Gasteiger partial charge >= 0.3 is 0 Å². The number of ether oxygens (including phenoxy) is 1. The second-order valence-corrected chi connectivity index (χ2v) is 6.49. The fourth-order valence-corrected chi connectivity index (χ4v) is 2.18. The van der Waals surface area contributed by atoms with E-state index in [1.165, 1.54) is 17.5 Å². The fourth-order valence-electron chi connectivity index (χ4n) is 2.18. The normalized spacial score (nSPS) is 11.9. The maximum atomic E-state index is 5.48. The van der Waals surface area contributed by atoms with Crippen LogP contribution in [0.1, 0.15) is 45.2 Å². The van der Waals surface area contributed by atoms with E-state index in [-0.39, 0.29) is 5.54 Å². The molecule has 0 saturated heterocycles. The number of methoxy groups -OCH3 is 1. The van der Waals surface area contributed by atoms with Gasteiger partial charge in [0.25, 0.3) is 0 Å². The first kappa shape index (κ1) is 17.0.